The molecule has 0 atom stereocenters. The molecule has 3 heteroatoms. The summed E-state index contributed by atoms with van der Waals surface area (Å²) in [5.74, 6) is -0.216. The maximum Gasteiger partial charge on any atom is 0.164 e. The van der Waals surface area contributed by atoms with Crippen LogP contribution in [0.5, 0.6) is 0 Å². The Hall–Kier alpha value is -1.61. The van der Waals surface area contributed by atoms with Crippen LogP contribution in [-0.4, -0.2) is 8.24 Å². The standard InChI is InChI=1S/C15H20FNSi/c1-4-11-18(12-5-2,13-6-3)17-15-10-8-7-9-14(15)16/h4-10,17H,1-3,11-13H2. The van der Waals surface area contributed by atoms with Gasteiger partial charge < -0.3 is 4.98 Å². The highest BCUT2D eigenvalue weighted by atomic mass is 28.3. The Bertz CT molecular complexity index is 402. The van der Waals surface area contributed by atoms with Crippen molar-refractivity contribution in [2.24, 2.45) is 0 Å². The van der Waals surface area contributed by atoms with E-state index in [-0.39, 0.29) is 5.82 Å². The van der Waals surface area contributed by atoms with Gasteiger partial charge in [0.2, 0.25) is 0 Å². The molecule has 0 heterocycles. The molecule has 0 saturated carbocycles. The van der Waals surface area contributed by atoms with Gasteiger partial charge >= 0.3 is 0 Å². The molecule has 0 amide bonds. The van der Waals surface area contributed by atoms with Crippen molar-refractivity contribution in [1.29, 1.82) is 0 Å². The normalized spacial score (nSPS) is 10.7. The van der Waals surface area contributed by atoms with Crippen LogP contribution in [0.25, 0.3) is 0 Å². The second-order valence-electron chi connectivity index (χ2n) is 4.36. The molecule has 0 radical (unpaired) electrons. The van der Waals surface area contributed by atoms with Crippen molar-refractivity contribution < 1.29 is 4.39 Å². The average Bonchev–Trinajstić information content (AvgIpc) is 2.33. The van der Waals surface area contributed by atoms with Gasteiger partial charge in [-0.05, 0) is 30.3 Å². The predicted octanol–water partition coefficient (Wildman–Crippen LogP) is 4.74. The molecular formula is C15H20FNSi. The minimum Gasteiger partial charge on any atom is -0.407 e. The van der Waals surface area contributed by atoms with Crippen LogP contribution in [0.3, 0.4) is 0 Å². The highest BCUT2D eigenvalue weighted by Gasteiger charge is 2.30. The molecule has 0 aromatic heterocycles. The third-order valence-corrected chi connectivity index (χ3v) is 6.89. The first kappa shape index (κ1) is 14.4. The van der Waals surface area contributed by atoms with E-state index in [1.54, 1.807) is 12.1 Å². The zero-order valence-electron chi connectivity index (χ0n) is 10.7. The van der Waals surface area contributed by atoms with E-state index in [0.717, 1.165) is 18.1 Å². The van der Waals surface area contributed by atoms with Gasteiger partial charge in [0.25, 0.3) is 0 Å². The van der Waals surface area contributed by atoms with E-state index in [2.05, 4.69) is 24.7 Å². The molecular weight excluding hydrogens is 241 g/mol. The fourth-order valence-corrected chi connectivity index (χ4v) is 5.32. The van der Waals surface area contributed by atoms with Crippen LogP contribution in [0, 0.1) is 5.82 Å². The van der Waals surface area contributed by atoms with Crippen LogP contribution < -0.4 is 4.98 Å². The molecule has 0 aliphatic rings. The summed E-state index contributed by atoms with van der Waals surface area (Å²) in [5.41, 5.74) is 0.565. The maximum absolute atomic E-state index is 13.7. The van der Waals surface area contributed by atoms with Crippen molar-refractivity contribution in [3.63, 3.8) is 0 Å². The lowest BCUT2D eigenvalue weighted by Gasteiger charge is -2.30. The fraction of sp³-hybridized carbons (Fsp3) is 0.200. The molecule has 1 aromatic rings. The molecule has 0 spiro atoms. The molecule has 1 N–H and O–H groups in total. The van der Waals surface area contributed by atoms with Crippen LogP contribution in [0.4, 0.5) is 10.1 Å². The molecule has 0 aliphatic carbocycles. The number of hydrogen-bond acceptors (Lipinski definition) is 1. The average molecular weight is 261 g/mol. The van der Waals surface area contributed by atoms with E-state index >= 15 is 0 Å². The number of para-hydroxylation sites is 1. The number of anilines is 1. The summed E-state index contributed by atoms with van der Waals surface area (Å²) >= 11 is 0. The Labute approximate surface area is 110 Å². The molecule has 18 heavy (non-hydrogen) atoms. The Morgan fingerprint density at radius 3 is 1.94 bits per heavy atom. The summed E-state index contributed by atoms with van der Waals surface area (Å²) in [5, 5.41) is 0. The third kappa shape index (κ3) is 3.70. The number of halogens is 1. The lowest BCUT2D eigenvalue weighted by molar-refractivity contribution is 0.632. The molecule has 1 aromatic carbocycles. The van der Waals surface area contributed by atoms with Crippen molar-refractivity contribution in [3.8, 4) is 0 Å². The summed E-state index contributed by atoms with van der Waals surface area (Å²) in [6, 6.07) is 9.35. The Morgan fingerprint density at radius 2 is 1.50 bits per heavy atom. The number of nitrogens with one attached hydrogen (secondary N) is 1. The predicted molar refractivity (Wildman–Crippen MR) is 80.8 cm³/mol. The topological polar surface area (TPSA) is 12.0 Å². The van der Waals surface area contributed by atoms with Crippen LogP contribution in [0.1, 0.15) is 0 Å². The second-order valence-corrected chi connectivity index (χ2v) is 8.40. The van der Waals surface area contributed by atoms with Crippen LogP contribution in [0.15, 0.2) is 62.2 Å². The number of rotatable bonds is 8. The largest absolute Gasteiger partial charge is 0.407 e. The van der Waals surface area contributed by atoms with Gasteiger partial charge in [-0.15, -0.1) is 19.7 Å². The second kappa shape index (κ2) is 6.96. The monoisotopic (exact) mass is 261 g/mol. The minimum absolute atomic E-state index is 0.216. The van der Waals surface area contributed by atoms with E-state index in [0.29, 0.717) is 5.69 Å². The summed E-state index contributed by atoms with van der Waals surface area (Å²) in [6.45, 7) is 11.4. The Kier molecular flexibility index (Phi) is 5.59. The first-order valence-electron chi connectivity index (χ1n) is 6.03. The molecule has 96 valence electrons. The van der Waals surface area contributed by atoms with Crippen LogP contribution in [0.2, 0.25) is 18.1 Å². The van der Waals surface area contributed by atoms with E-state index in [1.807, 2.05) is 24.3 Å². The summed E-state index contributed by atoms with van der Waals surface area (Å²) < 4.78 is 13.7. The van der Waals surface area contributed by atoms with Crippen molar-refractivity contribution >= 4 is 13.9 Å². The van der Waals surface area contributed by atoms with E-state index in [4.69, 9.17) is 0 Å². The Balaban J connectivity index is 3.02. The number of benzene rings is 1. The minimum atomic E-state index is -1.91. The highest BCUT2D eigenvalue weighted by molar-refractivity contribution is 6.83. The first-order valence-corrected chi connectivity index (χ1v) is 8.65. The molecule has 0 bridgehead atoms. The zero-order chi connectivity index (χ0) is 13.4. The fourth-order valence-electron chi connectivity index (χ4n) is 2.08. The van der Waals surface area contributed by atoms with Crippen LogP contribution >= 0.6 is 0 Å². The first-order chi connectivity index (χ1) is 8.67. The van der Waals surface area contributed by atoms with Crippen molar-refractivity contribution in [2.75, 3.05) is 4.98 Å². The third-order valence-electron chi connectivity index (χ3n) is 2.88. The molecule has 0 aliphatic heterocycles. The van der Waals surface area contributed by atoms with Crippen molar-refractivity contribution in [1.82, 2.24) is 0 Å². The number of allylic oxidation sites excluding steroid dienone is 3. The van der Waals surface area contributed by atoms with Crippen molar-refractivity contribution in [2.45, 2.75) is 18.1 Å². The highest BCUT2D eigenvalue weighted by Crippen LogP contribution is 2.26. The smallest absolute Gasteiger partial charge is 0.164 e. The SMILES string of the molecule is C=CC[Si](CC=C)(CC=C)Nc1ccccc1F. The molecule has 0 fully saturated rings. The lowest BCUT2D eigenvalue weighted by Crippen LogP contribution is -2.42. The molecule has 1 nitrogen and oxygen atoms in total. The van der Waals surface area contributed by atoms with E-state index in [9.17, 15) is 4.39 Å². The van der Waals surface area contributed by atoms with Gasteiger partial charge in [-0.1, -0.05) is 30.4 Å². The van der Waals surface area contributed by atoms with Gasteiger partial charge in [0.15, 0.2) is 8.24 Å². The molecule has 0 saturated heterocycles. The van der Waals surface area contributed by atoms with Gasteiger partial charge in [0.1, 0.15) is 5.82 Å². The summed E-state index contributed by atoms with van der Waals surface area (Å²) in [4.78, 5) is 3.41. The van der Waals surface area contributed by atoms with Gasteiger partial charge in [-0.3, -0.25) is 0 Å². The van der Waals surface area contributed by atoms with Crippen molar-refractivity contribution in [3.05, 3.63) is 68.0 Å². The summed E-state index contributed by atoms with van der Waals surface area (Å²) in [6.07, 6.45) is 5.69. The maximum atomic E-state index is 13.7. The van der Waals surface area contributed by atoms with Crippen LogP contribution in [-0.2, 0) is 0 Å². The van der Waals surface area contributed by atoms with Gasteiger partial charge in [-0.2, -0.15) is 0 Å². The van der Waals surface area contributed by atoms with E-state index < -0.39 is 8.24 Å². The number of hydrogen-bond donors (Lipinski definition) is 1. The quantitative estimate of drug-likeness (QED) is 0.526. The van der Waals surface area contributed by atoms with Gasteiger partial charge in [0.05, 0.1) is 5.69 Å². The van der Waals surface area contributed by atoms with E-state index in [1.165, 1.54) is 6.07 Å². The van der Waals surface area contributed by atoms with Gasteiger partial charge in [0, 0.05) is 0 Å². The Morgan fingerprint density at radius 1 is 1.00 bits per heavy atom. The van der Waals surface area contributed by atoms with Gasteiger partial charge in [-0.25, -0.2) is 4.39 Å². The lowest BCUT2D eigenvalue weighted by atomic mass is 10.3. The zero-order valence-corrected chi connectivity index (χ0v) is 11.7. The summed E-state index contributed by atoms with van der Waals surface area (Å²) in [7, 11) is -1.91. The molecule has 1 rings (SSSR count). The molecule has 0 unspecified atom stereocenters.